The Hall–Kier alpha value is -3.26. The highest BCUT2D eigenvalue weighted by atomic mass is 32.1. The normalized spacial score (nSPS) is 15.9. The number of nitrogens with zero attached hydrogens (tertiary/aromatic N) is 4. The van der Waals surface area contributed by atoms with Crippen LogP contribution in [0.4, 0.5) is 5.82 Å². The van der Waals surface area contributed by atoms with Gasteiger partial charge in [0.05, 0.1) is 22.5 Å². The van der Waals surface area contributed by atoms with Gasteiger partial charge in [0.25, 0.3) is 0 Å². The van der Waals surface area contributed by atoms with Crippen LogP contribution in [0.15, 0.2) is 42.7 Å². The summed E-state index contributed by atoms with van der Waals surface area (Å²) in [5, 5.41) is 8.46. The highest BCUT2D eigenvalue weighted by Gasteiger charge is 2.33. The molecule has 1 aromatic carbocycles. The van der Waals surface area contributed by atoms with E-state index in [2.05, 4.69) is 10.3 Å². The van der Waals surface area contributed by atoms with E-state index in [0.29, 0.717) is 24.0 Å². The van der Waals surface area contributed by atoms with Crippen LogP contribution in [0, 0.1) is 6.92 Å². The van der Waals surface area contributed by atoms with Gasteiger partial charge in [-0.25, -0.2) is 4.98 Å². The van der Waals surface area contributed by atoms with Crippen LogP contribution in [0.5, 0.6) is 5.75 Å². The number of carbonyl (C=O) groups is 1. The predicted octanol–water partition coefficient (Wildman–Crippen LogP) is 4.06. The highest BCUT2D eigenvalue weighted by Crippen LogP contribution is 2.41. The van der Waals surface area contributed by atoms with Gasteiger partial charge in [-0.3, -0.25) is 9.78 Å². The molecule has 0 fully saturated rings. The molecule has 5 rings (SSSR count). The van der Waals surface area contributed by atoms with Crippen LogP contribution >= 0.6 is 11.3 Å². The van der Waals surface area contributed by atoms with Gasteiger partial charge in [0.15, 0.2) is 0 Å². The largest absolute Gasteiger partial charge is 0.494 e. The second-order valence-electron chi connectivity index (χ2n) is 6.90. The minimum Gasteiger partial charge on any atom is -0.494 e. The van der Waals surface area contributed by atoms with Gasteiger partial charge < -0.3 is 10.1 Å². The van der Waals surface area contributed by atoms with Crippen LogP contribution in [0.3, 0.4) is 0 Å². The lowest BCUT2D eigenvalue weighted by atomic mass is 9.86. The summed E-state index contributed by atoms with van der Waals surface area (Å²) >= 11 is 1.52. The fourth-order valence-electron chi connectivity index (χ4n) is 3.81. The number of nitrogens with one attached hydrogen (secondary N) is 1. The van der Waals surface area contributed by atoms with Crippen molar-refractivity contribution in [3.8, 4) is 10.9 Å². The lowest BCUT2D eigenvalue weighted by Gasteiger charge is -2.23. The number of rotatable bonds is 4. The zero-order chi connectivity index (χ0) is 20.0. The molecule has 1 atom stereocenters. The van der Waals surface area contributed by atoms with E-state index in [1.807, 2.05) is 44.2 Å². The molecule has 146 valence electrons. The van der Waals surface area contributed by atoms with Gasteiger partial charge in [0.1, 0.15) is 11.6 Å². The molecular weight excluding hydrogens is 386 g/mol. The molecule has 3 aromatic heterocycles. The van der Waals surface area contributed by atoms with Crippen molar-refractivity contribution in [2.24, 2.45) is 0 Å². The molecule has 1 N–H and O–H groups in total. The fraction of sp³-hybridized carbons (Fsp3) is 0.238. The average Bonchev–Trinajstić information content (AvgIpc) is 3.29. The Morgan fingerprint density at radius 3 is 2.90 bits per heavy atom. The number of hydrogen-bond donors (Lipinski definition) is 1. The van der Waals surface area contributed by atoms with Gasteiger partial charge in [-0.1, -0.05) is 11.3 Å². The number of aryl methyl sites for hydroxylation is 1. The Balaban J connectivity index is 1.63. The molecule has 8 heteroatoms. The Morgan fingerprint density at radius 1 is 1.28 bits per heavy atom. The number of aromatic nitrogens is 4. The molecule has 0 spiro atoms. The first-order valence-corrected chi connectivity index (χ1v) is 10.3. The number of pyridine rings is 1. The number of ether oxygens (including phenoxy) is 1. The molecule has 0 radical (unpaired) electrons. The van der Waals surface area contributed by atoms with E-state index in [9.17, 15) is 4.79 Å². The van der Waals surface area contributed by atoms with Crippen LogP contribution in [-0.4, -0.2) is 32.3 Å². The molecule has 29 heavy (non-hydrogen) atoms. The molecule has 0 saturated heterocycles. The standard InChI is InChI=1S/C21H19N5O2S/c1-3-28-14-4-5-16-17(10-14)29-21(23-16)26-20-19(12(2)25-26)15(11-18(27)24-20)13-6-8-22-9-7-13/h4-10,15H,3,11H2,1-2H3,(H,24,27). The van der Waals surface area contributed by atoms with E-state index in [0.717, 1.165) is 32.8 Å². The summed E-state index contributed by atoms with van der Waals surface area (Å²) in [6, 6.07) is 9.76. The summed E-state index contributed by atoms with van der Waals surface area (Å²) in [4.78, 5) is 21.3. The van der Waals surface area contributed by atoms with Gasteiger partial charge in [-0.05, 0) is 49.7 Å². The molecule has 4 aromatic rings. The minimum atomic E-state index is -0.0468. The SMILES string of the molecule is CCOc1ccc2nc(-n3nc(C)c4c3NC(=O)CC4c3ccncc3)sc2c1. The third-order valence-corrected chi connectivity index (χ3v) is 6.05. The first-order valence-electron chi connectivity index (χ1n) is 9.47. The predicted molar refractivity (Wildman–Crippen MR) is 112 cm³/mol. The molecule has 0 aliphatic carbocycles. The van der Waals surface area contributed by atoms with E-state index < -0.39 is 0 Å². The smallest absolute Gasteiger partial charge is 0.226 e. The first-order chi connectivity index (χ1) is 14.1. The van der Waals surface area contributed by atoms with Crippen molar-refractivity contribution < 1.29 is 9.53 Å². The fourth-order valence-corrected chi connectivity index (χ4v) is 4.76. The van der Waals surface area contributed by atoms with Gasteiger partial charge >= 0.3 is 0 Å². The number of benzene rings is 1. The molecule has 7 nitrogen and oxygen atoms in total. The Kier molecular flexibility index (Phi) is 4.28. The second kappa shape index (κ2) is 6.97. The number of hydrogen-bond acceptors (Lipinski definition) is 6. The molecular formula is C21H19N5O2S. The molecule has 1 unspecified atom stereocenters. The van der Waals surface area contributed by atoms with E-state index in [1.165, 1.54) is 11.3 Å². The maximum Gasteiger partial charge on any atom is 0.226 e. The van der Waals surface area contributed by atoms with Crippen molar-refractivity contribution in [3.63, 3.8) is 0 Å². The van der Waals surface area contributed by atoms with Crippen molar-refractivity contribution in [1.82, 2.24) is 19.7 Å². The summed E-state index contributed by atoms with van der Waals surface area (Å²) < 4.78 is 8.36. The topological polar surface area (TPSA) is 81.9 Å². The lowest BCUT2D eigenvalue weighted by Crippen LogP contribution is -2.24. The summed E-state index contributed by atoms with van der Waals surface area (Å²) in [5.74, 6) is 1.44. The van der Waals surface area contributed by atoms with Crippen molar-refractivity contribution in [2.75, 3.05) is 11.9 Å². The molecule has 1 aliphatic heterocycles. The van der Waals surface area contributed by atoms with Crippen molar-refractivity contribution >= 4 is 33.3 Å². The number of carbonyl (C=O) groups excluding carboxylic acids is 1. The molecule has 0 bridgehead atoms. The summed E-state index contributed by atoms with van der Waals surface area (Å²) in [6.07, 6.45) is 3.90. The van der Waals surface area contributed by atoms with Gasteiger partial charge in [-0.2, -0.15) is 9.78 Å². The molecule has 4 heterocycles. The molecule has 1 aliphatic rings. The quantitative estimate of drug-likeness (QED) is 0.554. The number of anilines is 1. The number of fused-ring (bicyclic) bond motifs is 2. The monoisotopic (exact) mass is 405 g/mol. The van der Waals surface area contributed by atoms with E-state index in [4.69, 9.17) is 14.8 Å². The maximum atomic E-state index is 12.5. The molecule has 0 saturated carbocycles. The van der Waals surface area contributed by atoms with Crippen molar-refractivity contribution in [3.05, 3.63) is 59.5 Å². The third-order valence-electron chi connectivity index (χ3n) is 5.05. The number of thiazole rings is 1. The highest BCUT2D eigenvalue weighted by molar-refractivity contribution is 7.20. The summed E-state index contributed by atoms with van der Waals surface area (Å²) in [7, 11) is 0. The first kappa shape index (κ1) is 17.8. The maximum absolute atomic E-state index is 12.5. The second-order valence-corrected chi connectivity index (χ2v) is 7.91. The third kappa shape index (κ3) is 3.05. The Labute approximate surface area is 171 Å². The van der Waals surface area contributed by atoms with Gasteiger partial charge in [-0.15, -0.1) is 0 Å². The van der Waals surface area contributed by atoms with E-state index in [-0.39, 0.29) is 11.8 Å². The van der Waals surface area contributed by atoms with Gasteiger partial charge in [0, 0.05) is 30.3 Å². The van der Waals surface area contributed by atoms with Crippen LogP contribution in [0.25, 0.3) is 15.3 Å². The van der Waals surface area contributed by atoms with Crippen LogP contribution in [0.2, 0.25) is 0 Å². The van der Waals surface area contributed by atoms with Gasteiger partial charge in [0.2, 0.25) is 11.0 Å². The van der Waals surface area contributed by atoms with Crippen molar-refractivity contribution in [2.45, 2.75) is 26.2 Å². The van der Waals surface area contributed by atoms with E-state index in [1.54, 1.807) is 17.1 Å². The van der Waals surface area contributed by atoms with Crippen LogP contribution in [0.1, 0.15) is 36.1 Å². The van der Waals surface area contributed by atoms with Crippen LogP contribution in [-0.2, 0) is 4.79 Å². The summed E-state index contributed by atoms with van der Waals surface area (Å²) in [5.41, 5.74) is 3.86. The molecule has 1 amide bonds. The van der Waals surface area contributed by atoms with E-state index >= 15 is 0 Å². The summed E-state index contributed by atoms with van der Waals surface area (Å²) in [6.45, 7) is 4.55. The zero-order valence-electron chi connectivity index (χ0n) is 16.0. The Bertz CT molecular complexity index is 1210. The Morgan fingerprint density at radius 2 is 2.10 bits per heavy atom. The average molecular weight is 405 g/mol. The lowest BCUT2D eigenvalue weighted by molar-refractivity contribution is -0.116. The number of amides is 1. The van der Waals surface area contributed by atoms with Crippen molar-refractivity contribution in [1.29, 1.82) is 0 Å². The van der Waals surface area contributed by atoms with Crippen LogP contribution < -0.4 is 10.1 Å². The minimum absolute atomic E-state index is 0.0276. The zero-order valence-corrected chi connectivity index (χ0v) is 16.9.